The Kier molecular flexibility index (Phi) is 6.71. The third-order valence-electron chi connectivity index (χ3n) is 5.66. The summed E-state index contributed by atoms with van der Waals surface area (Å²) in [6, 6.07) is 22.9. The van der Waals surface area contributed by atoms with E-state index in [1.165, 1.54) is 11.8 Å². The van der Waals surface area contributed by atoms with Crippen molar-refractivity contribution in [3.63, 3.8) is 0 Å². The molecule has 0 N–H and O–H groups in total. The first-order valence-electron chi connectivity index (χ1n) is 11.0. The molecular formula is C26H25N5O2S. The van der Waals surface area contributed by atoms with Crippen LogP contribution in [-0.4, -0.2) is 48.1 Å². The Morgan fingerprint density at radius 1 is 1.00 bits per heavy atom. The van der Waals surface area contributed by atoms with Gasteiger partial charge >= 0.3 is 0 Å². The lowest BCUT2D eigenvalue weighted by molar-refractivity contribution is 0.0955. The van der Waals surface area contributed by atoms with Crippen LogP contribution in [0.3, 0.4) is 0 Å². The molecule has 2 heterocycles. The number of amidine groups is 1. The summed E-state index contributed by atoms with van der Waals surface area (Å²) >= 11 is 1.48. The van der Waals surface area contributed by atoms with Crippen LogP contribution in [0.4, 0.5) is 5.69 Å². The Morgan fingerprint density at radius 3 is 2.38 bits per heavy atom. The maximum absolute atomic E-state index is 5.69. The number of ether oxygens (including phenoxy) is 2. The monoisotopic (exact) mass is 471 g/mol. The molecule has 1 unspecified atom stereocenters. The summed E-state index contributed by atoms with van der Waals surface area (Å²) < 4.78 is 10.8. The average molecular weight is 472 g/mol. The average Bonchev–Trinajstić information content (AvgIpc) is 3.25. The highest BCUT2D eigenvalue weighted by Gasteiger charge is 2.38. The van der Waals surface area contributed by atoms with Crippen molar-refractivity contribution in [2.45, 2.75) is 6.17 Å². The number of hydrazone groups is 2. The first kappa shape index (κ1) is 22.3. The van der Waals surface area contributed by atoms with Gasteiger partial charge in [0.05, 0.1) is 24.8 Å². The van der Waals surface area contributed by atoms with Gasteiger partial charge in [-0.2, -0.15) is 5.10 Å². The lowest BCUT2D eigenvalue weighted by Gasteiger charge is -2.29. The van der Waals surface area contributed by atoms with E-state index in [-0.39, 0.29) is 6.17 Å². The van der Waals surface area contributed by atoms with E-state index < -0.39 is 0 Å². The highest BCUT2D eigenvalue weighted by atomic mass is 32.2. The van der Waals surface area contributed by atoms with E-state index in [0.717, 1.165) is 32.8 Å². The molecule has 8 heteroatoms. The van der Waals surface area contributed by atoms with Gasteiger partial charge in [0.15, 0.2) is 6.17 Å². The van der Waals surface area contributed by atoms with E-state index in [2.05, 4.69) is 71.4 Å². The lowest BCUT2D eigenvalue weighted by Crippen LogP contribution is -2.31. The molecule has 0 spiro atoms. The molecule has 0 fully saturated rings. The van der Waals surface area contributed by atoms with E-state index in [4.69, 9.17) is 14.6 Å². The Labute approximate surface area is 202 Å². The van der Waals surface area contributed by atoms with Gasteiger partial charge in [-0.05, 0) is 22.9 Å². The van der Waals surface area contributed by atoms with Gasteiger partial charge in [0.25, 0.3) is 0 Å². The fourth-order valence-electron chi connectivity index (χ4n) is 4.15. The molecule has 0 bridgehead atoms. The molecular weight excluding hydrogens is 446 g/mol. The molecule has 5 rings (SSSR count). The summed E-state index contributed by atoms with van der Waals surface area (Å²) in [6.45, 7) is 4.91. The summed E-state index contributed by atoms with van der Waals surface area (Å²) in [5.41, 5.74) is 1.98. The number of nitrogens with zero attached hydrogens (tertiary/aromatic N) is 5. The summed E-state index contributed by atoms with van der Waals surface area (Å²) in [4.78, 5) is 4.36. The third-order valence-corrected chi connectivity index (χ3v) is 6.47. The molecule has 1 aliphatic rings. The summed E-state index contributed by atoms with van der Waals surface area (Å²) in [5, 5.41) is 18.5. The van der Waals surface area contributed by atoms with Gasteiger partial charge in [-0.25, -0.2) is 10.0 Å². The standard InChI is InChI=1S/C26H25N5O2S/c1-27-31-25(21-10-7-13-28-17-21)30(29-26(31)34-18-33-15-14-32-2)24-22-11-5-3-8-19(22)16-20-9-4-6-12-23(20)24/h3-13,16-17,25H,1,14-15,18H2,2H3. The number of pyridine rings is 1. The van der Waals surface area contributed by atoms with Gasteiger partial charge in [0, 0.05) is 42.6 Å². The molecule has 3 aromatic carbocycles. The lowest BCUT2D eigenvalue weighted by atomic mass is 10.00. The number of fused-ring (bicyclic) bond motifs is 2. The number of benzene rings is 3. The number of anilines is 1. The fourth-order valence-corrected chi connectivity index (χ4v) is 4.89. The zero-order valence-electron chi connectivity index (χ0n) is 18.9. The predicted molar refractivity (Wildman–Crippen MR) is 140 cm³/mol. The zero-order chi connectivity index (χ0) is 23.3. The smallest absolute Gasteiger partial charge is 0.208 e. The van der Waals surface area contributed by atoms with Crippen LogP contribution < -0.4 is 5.01 Å². The molecule has 7 nitrogen and oxygen atoms in total. The molecule has 172 valence electrons. The van der Waals surface area contributed by atoms with E-state index in [0.29, 0.717) is 24.3 Å². The SMILES string of the molecule is C=NN1C(SCOCCOC)=NN(c2c3ccccc3cc3ccccc23)C1c1cccnc1. The molecule has 0 aliphatic carbocycles. The highest BCUT2D eigenvalue weighted by molar-refractivity contribution is 8.13. The number of hydrogen-bond acceptors (Lipinski definition) is 8. The third kappa shape index (κ3) is 4.23. The second-order valence-corrected chi connectivity index (χ2v) is 8.59. The summed E-state index contributed by atoms with van der Waals surface area (Å²) in [7, 11) is 1.66. The van der Waals surface area contributed by atoms with E-state index in [9.17, 15) is 0 Å². The molecule has 1 atom stereocenters. The van der Waals surface area contributed by atoms with Crippen LogP contribution in [0.15, 0.2) is 89.3 Å². The number of thioether (sulfide) groups is 1. The Balaban J connectivity index is 1.65. The van der Waals surface area contributed by atoms with Crippen LogP contribution in [-0.2, 0) is 9.47 Å². The molecule has 1 aromatic heterocycles. The predicted octanol–water partition coefficient (Wildman–Crippen LogP) is 5.45. The number of hydrogen-bond donors (Lipinski definition) is 0. The van der Waals surface area contributed by atoms with Crippen LogP contribution in [0.2, 0.25) is 0 Å². The van der Waals surface area contributed by atoms with Crippen molar-refractivity contribution in [2.75, 3.05) is 31.3 Å². The van der Waals surface area contributed by atoms with Crippen molar-refractivity contribution in [3.05, 3.63) is 84.7 Å². The Morgan fingerprint density at radius 2 is 1.74 bits per heavy atom. The van der Waals surface area contributed by atoms with Gasteiger partial charge in [-0.1, -0.05) is 66.4 Å². The second kappa shape index (κ2) is 10.2. The maximum Gasteiger partial charge on any atom is 0.208 e. The number of aromatic nitrogens is 1. The topological polar surface area (TPSA) is 62.6 Å². The largest absolute Gasteiger partial charge is 0.382 e. The van der Waals surface area contributed by atoms with Crippen molar-refractivity contribution < 1.29 is 9.47 Å². The first-order valence-corrected chi connectivity index (χ1v) is 11.9. The first-order chi connectivity index (χ1) is 16.8. The zero-order valence-corrected chi connectivity index (χ0v) is 19.7. The Hall–Kier alpha value is -3.46. The fraction of sp³-hybridized carbons (Fsp3) is 0.192. The minimum atomic E-state index is -0.332. The van der Waals surface area contributed by atoms with Crippen molar-refractivity contribution in [3.8, 4) is 0 Å². The van der Waals surface area contributed by atoms with Crippen molar-refractivity contribution >= 4 is 50.9 Å². The molecule has 0 amide bonds. The van der Waals surface area contributed by atoms with Crippen molar-refractivity contribution in [1.29, 1.82) is 0 Å². The number of methoxy groups -OCH3 is 1. The normalized spacial score (nSPS) is 15.8. The van der Waals surface area contributed by atoms with Crippen LogP contribution in [0.25, 0.3) is 21.5 Å². The minimum absolute atomic E-state index is 0.332. The molecule has 4 aromatic rings. The highest BCUT2D eigenvalue weighted by Crippen LogP contribution is 2.44. The van der Waals surface area contributed by atoms with Crippen LogP contribution in [0.1, 0.15) is 11.7 Å². The Bertz CT molecular complexity index is 1280. The molecule has 0 saturated heterocycles. The number of rotatable bonds is 8. The molecule has 0 saturated carbocycles. The van der Waals surface area contributed by atoms with E-state index in [1.54, 1.807) is 13.3 Å². The van der Waals surface area contributed by atoms with Gasteiger partial charge in [0.1, 0.15) is 0 Å². The van der Waals surface area contributed by atoms with Gasteiger partial charge in [0.2, 0.25) is 5.17 Å². The molecule has 34 heavy (non-hydrogen) atoms. The second-order valence-electron chi connectivity index (χ2n) is 7.70. The van der Waals surface area contributed by atoms with Crippen molar-refractivity contribution in [2.24, 2.45) is 10.2 Å². The van der Waals surface area contributed by atoms with Gasteiger partial charge < -0.3 is 9.47 Å². The van der Waals surface area contributed by atoms with Crippen LogP contribution in [0, 0.1) is 0 Å². The molecule has 0 radical (unpaired) electrons. The van der Waals surface area contributed by atoms with Gasteiger partial charge in [-0.15, -0.1) is 5.10 Å². The molecule has 1 aliphatic heterocycles. The minimum Gasteiger partial charge on any atom is -0.382 e. The van der Waals surface area contributed by atoms with Crippen LogP contribution in [0.5, 0.6) is 0 Å². The van der Waals surface area contributed by atoms with E-state index in [1.807, 2.05) is 28.3 Å². The van der Waals surface area contributed by atoms with E-state index >= 15 is 0 Å². The summed E-state index contributed by atoms with van der Waals surface area (Å²) in [5.74, 6) is 0.429. The van der Waals surface area contributed by atoms with Gasteiger partial charge in [-0.3, -0.25) is 4.98 Å². The summed E-state index contributed by atoms with van der Waals surface area (Å²) in [6.07, 6.45) is 3.28. The quantitative estimate of drug-likeness (QED) is 0.147. The van der Waals surface area contributed by atoms with Crippen molar-refractivity contribution in [1.82, 2.24) is 9.99 Å². The van der Waals surface area contributed by atoms with Crippen LogP contribution >= 0.6 is 11.8 Å². The maximum atomic E-state index is 5.69.